The first-order valence-corrected chi connectivity index (χ1v) is 8.15. The van der Waals surface area contributed by atoms with Crippen molar-refractivity contribution in [3.05, 3.63) is 0 Å². The molecule has 0 radical (unpaired) electrons. The number of hydrogen-bond donors (Lipinski definition) is 1. The van der Waals surface area contributed by atoms with Crippen LogP contribution in [0.2, 0.25) is 0 Å². The molecule has 5 nitrogen and oxygen atoms in total. The van der Waals surface area contributed by atoms with E-state index in [1.807, 2.05) is 4.90 Å². The van der Waals surface area contributed by atoms with Gasteiger partial charge in [-0.25, -0.2) is 0 Å². The number of ether oxygens (including phenoxy) is 1. The van der Waals surface area contributed by atoms with Crippen molar-refractivity contribution in [2.24, 2.45) is 0 Å². The molecule has 0 saturated carbocycles. The lowest BCUT2D eigenvalue weighted by molar-refractivity contribution is -0.883. The molecule has 2 heterocycles. The molecule has 0 bridgehead atoms. The van der Waals surface area contributed by atoms with Gasteiger partial charge in [0, 0.05) is 13.1 Å². The maximum Gasteiger partial charge on any atom is 0.233 e. The van der Waals surface area contributed by atoms with Crippen molar-refractivity contribution in [3.63, 3.8) is 0 Å². The van der Waals surface area contributed by atoms with E-state index in [9.17, 15) is 4.79 Å². The highest BCUT2D eigenvalue weighted by molar-refractivity contribution is 8.23. The van der Waals surface area contributed by atoms with E-state index < -0.39 is 0 Å². The summed E-state index contributed by atoms with van der Waals surface area (Å²) in [5.41, 5.74) is 0. The minimum absolute atomic E-state index is 0.176. The quantitative estimate of drug-likeness (QED) is 0.642. The molecular formula is C12H22N3O2S2+. The summed E-state index contributed by atoms with van der Waals surface area (Å²) in [6.07, 6.45) is 0. The van der Waals surface area contributed by atoms with Gasteiger partial charge in [-0.15, -0.1) is 0 Å². The Morgan fingerprint density at radius 3 is 2.47 bits per heavy atom. The molecule has 0 spiro atoms. The number of hydrogen-bond acceptors (Lipinski definition) is 4. The van der Waals surface area contributed by atoms with Gasteiger partial charge in [-0.3, -0.25) is 4.79 Å². The standard InChI is InChI=1S/C12H21N3O2S2/c1-13-2-4-15(5-3-13)12(18)19-10-11(16)14-6-8-17-9-7-14/h2-10H2,1H3/p+1. The Kier molecular flexibility index (Phi) is 5.87. The molecule has 7 heteroatoms. The summed E-state index contributed by atoms with van der Waals surface area (Å²) in [4.78, 5) is 17.6. The second-order valence-electron chi connectivity index (χ2n) is 4.99. The predicted molar refractivity (Wildman–Crippen MR) is 80.6 cm³/mol. The van der Waals surface area contributed by atoms with Crippen molar-refractivity contribution in [1.29, 1.82) is 0 Å². The lowest BCUT2D eigenvalue weighted by Gasteiger charge is -2.32. The van der Waals surface area contributed by atoms with E-state index >= 15 is 0 Å². The smallest absolute Gasteiger partial charge is 0.233 e. The third-order valence-corrected chi connectivity index (χ3v) is 5.07. The van der Waals surface area contributed by atoms with Gasteiger partial charge in [-0.2, -0.15) is 0 Å². The highest BCUT2D eigenvalue weighted by Crippen LogP contribution is 2.11. The second kappa shape index (κ2) is 7.42. The average molecular weight is 304 g/mol. The topological polar surface area (TPSA) is 37.2 Å². The lowest BCUT2D eigenvalue weighted by atomic mass is 10.4. The van der Waals surface area contributed by atoms with Crippen LogP contribution < -0.4 is 4.90 Å². The van der Waals surface area contributed by atoms with Gasteiger partial charge >= 0.3 is 0 Å². The molecule has 2 aliphatic rings. The molecule has 1 N–H and O–H groups in total. The van der Waals surface area contributed by atoms with Gasteiger partial charge in [0.25, 0.3) is 0 Å². The summed E-state index contributed by atoms with van der Waals surface area (Å²) in [5, 5.41) is 0. The van der Waals surface area contributed by atoms with Crippen molar-refractivity contribution >= 4 is 34.2 Å². The molecular weight excluding hydrogens is 282 g/mol. The summed E-state index contributed by atoms with van der Waals surface area (Å²) in [7, 11) is 2.20. The molecule has 0 aromatic carbocycles. The van der Waals surface area contributed by atoms with Crippen LogP contribution in [0, 0.1) is 0 Å². The normalized spacial score (nSPS) is 21.5. The minimum atomic E-state index is 0.176. The Morgan fingerprint density at radius 2 is 1.84 bits per heavy atom. The van der Waals surface area contributed by atoms with Gasteiger partial charge < -0.3 is 19.4 Å². The first kappa shape index (κ1) is 15.0. The highest BCUT2D eigenvalue weighted by Gasteiger charge is 2.21. The molecule has 2 fully saturated rings. The molecule has 108 valence electrons. The Balaban J connectivity index is 1.69. The van der Waals surface area contributed by atoms with Crippen molar-refractivity contribution in [2.75, 3.05) is 65.3 Å². The second-order valence-corrected chi connectivity index (χ2v) is 6.60. The minimum Gasteiger partial charge on any atom is -0.378 e. The summed E-state index contributed by atoms with van der Waals surface area (Å²) in [5.74, 6) is 0.633. The Hall–Kier alpha value is -0.370. The van der Waals surface area contributed by atoms with Crippen LogP contribution in [0.5, 0.6) is 0 Å². The van der Waals surface area contributed by atoms with E-state index in [0.29, 0.717) is 32.1 Å². The maximum atomic E-state index is 12.0. The van der Waals surface area contributed by atoms with Crippen LogP contribution in [0.15, 0.2) is 0 Å². The van der Waals surface area contributed by atoms with Crippen LogP contribution >= 0.6 is 24.0 Å². The van der Waals surface area contributed by atoms with Gasteiger partial charge in [0.15, 0.2) is 0 Å². The van der Waals surface area contributed by atoms with Crippen LogP contribution in [0.25, 0.3) is 0 Å². The van der Waals surface area contributed by atoms with Crippen LogP contribution in [0.4, 0.5) is 0 Å². The Morgan fingerprint density at radius 1 is 1.21 bits per heavy atom. The Bertz CT molecular complexity index is 327. The maximum absolute atomic E-state index is 12.0. The SMILES string of the molecule is C[NH+]1CCN(C(=S)SCC(=O)N2CCOCC2)CC1. The van der Waals surface area contributed by atoms with Crippen LogP contribution in [-0.4, -0.2) is 85.3 Å². The third-order valence-electron chi connectivity index (χ3n) is 3.56. The lowest BCUT2D eigenvalue weighted by Crippen LogP contribution is -3.12. The summed E-state index contributed by atoms with van der Waals surface area (Å²) in [6.45, 7) is 6.99. The summed E-state index contributed by atoms with van der Waals surface area (Å²) >= 11 is 6.92. The van der Waals surface area contributed by atoms with E-state index in [4.69, 9.17) is 17.0 Å². The molecule has 2 aliphatic heterocycles. The number of nitrogens with one attached hydrogen (secondary N) is 1. The van der Waals surface area contributed by atoms with Crippen LogP contribution in [0.3, 0.4) is 0 Å². The van der Waals surface area contributed by atoms with Gasteiger partial charge in [0.2, 0.25) is 5.91 Å². The van der Waals surface area contributed by atoms with E-state index in [1.54, 1.807) is 4.90 Å². The van der Waals surface area contributed by atoms with Crippen LogP contribution in [0.1, 0.15) is 0 Å². The Labute approximate surface area is 124 Å². The fraction of sp³-hybridized carbons (Fsp3) is 0.833. The zero-order chi connectivity index (χ0) is 13.7. The number of amides is 1. The van der Waals surface area contributed by atoms with Crippen molar-refractivity contribution < 1.29 is 14.4 Å². The number of carbonyl (C=O) groups excluding carboxylic acids is 1. The molecule has 0 aliphatic carbocycles. The first-order valence-electron chi connectivity index (χ1n) is 6.75. The zero-order valence-electron chi connectivity index (χ0n) is 11.4. The monoisotopic (exact) mass is 304 g/mol. The molecule has 0 aromatic heterocycles. The number of thioether (sulfide) groups is 1. The molecule has 0 atom stereocenters. The average Bonchev–Trinajstić information content (AvgIpc) is 2.46. The number of piperazine rings is 1. The molecule has 19 heavy (non-hydrogen) atoms. The first-order chi connectivity index (χ1) is 9.16. The summed E-state index contributed by atoms with van der Waals surface area (Å²) in [6, 6.07) is 0. The number of morpholine rings is 1. The predicted octanol–water partition coefficient (Wildman–Crippen LogP) is -1.31. The van der Waals surface area contributed by atoms with Gasteiger partial charge in [0.1, 0.15) is 4.32 Å². The molecule has 0 unspecified atom stereocenters. The third kappa shape index (κ3) is 4.59. The number of thiocarbonyl (C=S) groups is 1. The zero-order valence-corrected chi connectivity index (χ0v) is 13.0. The van der Waals surface area contributed by atoms with Gasteiger partial charge in [0.05, 0.1) is 52.2 Å². The van der Waals surface area contributed by atoms with Crippen molar-refractivity contribution in [3.8, 4) is 0 Å². The highest BCUT2D eigenvalue weighted by atomic mass is 32.2. The van der Waals surface area contributed by atoms with Gasteiger partial charge in [-0.1, -0.05) is 24.0 Å². The van der Waals surface area contributed by atoms with Gasteiger partial charge in [-0.05, 0) is 0 Å². The number of likely N-dealkylation sites (N-methyl/N-ethyl adjacent to an activating group) is 1. The number of rotatable bonds is 2. The van der Waals surface area contributed by atoms with Crippen LogP contribution in [-0.2, 0) is 9.53 Å². The van der Waals surface area contributed by atoms with E-state index in [0.717, 1.165) is 30.5 Å². The van der Waals surface area contributed by atoms with E-state index in [-0.39, 0.29) is 5.91 Å². The van der Waals surface area contributed by atoms with Crippen molar-refractivity contribution in [1.82, 2.24) is 9.80 Å². The number of nitrogens with zero attached hydrogens (tertiary/aromatic N) is 2. The largest absolute Gasteiger partial charge is 0.378 e. The van der Waals surface area contributed by atoms with E-state index in [2.05, 4.69) is 11.9 Å². The number of quaternary nitrogens is 1. The molecule has 1 amide bonds. The molecule has 2 saturated heterocycles. The molecule has 2 rings (SSSR count). The number of carbonyl (C=O) groups is 1. The molecule has 0 aromatic rings. The summed E-state index contributed by atoms with van der Waals surface area (Å²) < 4.78 is 6.11. The van der Waals surface area contributed by atoms with E-state index in [1.165, 1.54) is 11.8 Å². The fourth-order valence-corrected chi connectivity index (χ4v) is 3.34. The fourth-order valence-electron chi connectivity index (χ4n) is 2.19. The van der Waals surface area contributed by atoms with Crippen molar-refractivity contribution in [2.45, 2.75) is 0 Å².